The molecule has 1 aliphatic heterocycles. The van der Waals surface area contributed by atoms with E-state index in [0.717, 1.165) is 22.0 Å². The van der Waals surface area contributed by atoms with Crippen LogP contribution in [-0.2, 0) is 0 Å². The fraction of sp³-hybridized carbons (Fsp3) is 0.200. The molecule has 1 N–H and O–H groups in total. The van der Waals surface area contributed by atoms with E-state index in [1.165, 1.54) is 10.5 Å². The van der Waals surface area contributed by atoms with Crippen molar-refractivity contribution in [3.63, 3.8) is 0 Å². The molecule has 1 heterocycles. The van der Waals surface area contributed by atoms with E-state index in [1.807, 2.05) is 23.9 Å². The smallest absolute Gasteiger partial charge is 0.0618 e. The first-order valence-corrected chi connectivity index (χ1v) is 7.35. The number of halogens is 1. The van der Waals surface area contributed by atoms with Crippen LogP contribution in [0.5, 0.6) is 0 Å². The molecule has 3 heteroatoms. The number of benzene rings is 2. The fourth-order valence-corrected chi connectivity index (χ4v) is 3.57. The number of anilines is 1. The molecule has 0 aliphatic carbocycles. The van der Waals surface area contributed by atoms with E-state index in [0.29, 0.717) is 6.04 Å². The van der Waals surface area contributed by atoms with Gasteiger partial charge in [0.15, 0.2) is 0 Å². The summed E-state index contributed by atoms with van der Waals surface area (Å²) in [5, 5.41) is 4.42. The van der Waals surface area contributed by atoms with E-state index < -0.39 is 0 Å². The highest BCUT2D eigenvalue weighted by molar-refractivity contribution is 7.99. The summed E-state index contributed by atoms with van der Waals surface area (Å²) < 4.78 is 0. The maximum Gasteiger partial charge on any atom is 0.0618 e. The van der Waals surface area contributed by atoms with Gasteiger partial charge in [0.1, 0.15) is 0 Å². The first-order chi connectivity index (χ1) is 8.75. The Balaban J connectivity index is 1.89. The van der Waals surface area contributed by atoms with Crippen LogP contribution in [0.1, 0.15) is 17.2 Å². The second kappa shape index (κ2) is 4.87. The summed E-state index contributed by atoms with van der Waals surface area (Å²) >= 11 is 8.06. The van der Waals surface area contributed by atoms with Gasteiger partial charge in [-0.05, 0) is 36.2 Å². The summed E-state index contributed by atoms with van der Waals surface area (Å²) in [5.41, 5.74) is 3.64. The summed E-state index contributed by atoms with van der Waals surface area (Å²) in [6, 6.07) is 15.0. The Labute approximate surface area is 117 Å². The van der Waals surface area contributed by atoms with Crippen LogP contribution in [0.2, 0.25) is 5.02 Å². The van der Waals surface area contributed by atoms with E-state index in [4.69, 9.17) is 11.6 Å². The Hall–Kier alpha value is -1.12. The summed E-state index contributed by atoms with van der Waals surface area (Å²) in [6.45, 7) is 2.05. The predicted molar refractivity (Wildman–Crippen MR) is 79.7 cm³/mol. The van der Waals surface area contributed by atoms with Gasteiger partial charge in [-0.15, -0.1) is 11.8 Å². The molecule has 0 aromatic heterocycles. The van der Waals surface area contributed by atoms with Crippen molar-refractivity contribution in [2.24, 2.45) is 0 Å². The highest BCUT2D eigenvalue weighted by Gasteiger charge is 2.22. The lowest BCUT2D eigenvalue weighted by Gasteiger charge is -2.17. The van der Waals surface area contributed by atoms with Gasteiger partial charge in [0.2, 0.25) is 0 Å². The zero-order valence-corrected chi connectivity index (χ0v) is 11.7. The van der Waals surface area contributed by atoms with Gasteiger partial charge in [-0.3, -0.25) is 0 Å². The Morgan fingerprint density at radius 3 is 2.89 bits per heavy atom. The molecular formula is C15H14ClNS. The molecule has 3 rings (SSSR count). The number of rotatable bonds is 2. The molecule has 0 saturated heterocycles. The molecule has 1 atom stereocenters. The number of hydrogen-bond donors (Lipinski definition) is 1. The van der Waals surface area contributed by atoms with Crippen molar-refractivity contribution in [3.8, 4) is 0 Å². The zero-order chi connectivity index (χ0) is 12.5. The average molecular weight is 276 g/mol. The SMILES string of the molecule is Cc1c(Cl)cccc1NC1CSc2ccccc21. The van der Waals surface area contributed by atoms with E-state index in [9.17, 15) is 0 Å². The minimum atomic E-state index is 0.378. The van der Waals surface area contributed by atoms with Gasteiger partial charge in [-0.25, -0.2) is 0 Å². The maximum atomic E-state index is 6.15. The standard InChI is InChI=1S/C15H14ClNS/c1-10-12(16)6-4-7-13(10)17-14-9-18-15-8-3-2-5-11(14)15/h2-8,14,17H,9H2,1H3. The van der Waals surface area contributed by atoms with Gasteiger partial charge in [0.25, 0.3) is 0 Å². The molecule has 0 saturated carbocycles. The summed E-state index contributed by atoms with van der Waals surface area (Å²) in [6.07, 6.45) is 0. The summed E-state index contributed by atoms with van der Waals surface area (Å²) in [7, 11) is 0. The van der Waals surface area contributed by atoms with Crippen molar-refractivity contribution >= 4 is 29.1 Å². The van der Waals surface area contributed by atoms with Crippen molar-refractivity contribution in [2.45, 2.75) is 17.9 Å². The quantitative estimate of drug-likeness (QED) is 0.836. The Morgan fingerprint density at radius 2 is 2.00 bits per heavy atom. The normalized spacial score (nSPS) is 17.6. The van der Waals surface area contributed by atoms with Gasteiger partial charge in [-0.2, -0.15) is 0 Å². The average Bonchev–Trinajstić information content (AvgIpc) is 2.79. The van der Waals surface area contributed by atoms with E-state index in [1.54, 1.807) is 0 Å². The molecule has 2 aromatic rings. The van der Waals surface area contributed by atoms with Crippen LogP contribution >= 0.6 is 23.4 Å². The van der Waals surface area contributed by atoms with Crippen molar-refractivity contribution in [1.82, 2.24) is 0 Å². The van der Waals surface area contributed by atoms with Crippen LogP contribution in [0.3, 0.4) is 0 Å². The molecule has 2 aromatic carbocycles. The number of fused-ring (bicyclic) bond motifs is 1. The molecule has 1 unspecified atom stereocenters. The van der Waals surface area contributed by atoms with Gasteiger partial charge in [0.05, 0.1) is 6.04 Å². The summed E-state index contributed by atoms with van der Waals surface area (Å²) in [5.74, 6) is 1.07. The number of hydrogen-bond acceptors (Lipinski definition) is 2. The Kier molecular flexibility index (Phi) is 3.23. The summed E-state index contributed by atoms with van der Waals surface area (Å²) in [4.78, 5) is 1.38. The van der Waals surface area contributed by atoms with Gasteiger partial charge in [-0.1, -0.05) is 35.9 Å². The zero-order valence-electron chi connectivity index (χ0n) is 10.1. The lowest BCUT2D eigenvalue weighted by Crippen LogP contribution is -2.10. The van der Waals surface area contributed by atoms with E-state index >= 15 is 0 Å². The van der Waals surface area contributed by atoms with E-state index in [2.05, 4.69) is 42.6 Å². The molecular weight excluding hydrogens is 262 g/mol. The molecule has 0 radical (unpaired) electrons. The van der Waals surface area contributed by atoms with Gasteiger partial charge in [0, 0.05) is 21.4 Å². The van der Waals surface area contributed by atoms with Crippen molar-refractivity contribution < 1.29 is 0 Å². The van der Waals surface area contributed by atoms with Gasteiger partial charge >= 0.3 is 0 Å². The Bertz CT molecular complexity index is 582. The third kappa shape index (κ3) is 2.11. The molecule has 0 bridgehead atoms. The monoisotopic (exact) mass is 275 g/mol. The minimum absolute atomic E-state index is 0.378. The van der Waals surface area contributed by atoms with Crippen LogP contribution in [-0.4, -0.2) is 5.75 Å². The first-order valence-electron chi connectivity index (χ1n) is 5.99. The van der Waals surface area contributed by atoms with Crippen molar-refractivity contribution in [1.29, 1.82) is 0 Å². The highest BCUT2D eigenvalue weighted by Crippen LogP contribution is 2.40. The number of nitrogens with one attached hydrogen (secondary N) is 1. The molecule has 0 fully saturated rings. The third-order valence-corrected chi connectivity index (χ3v) is 4.89. The third-order valence-electron chi connectivity index (χ3n) is 3.30. The second-order valence-corrected chi connectivity index (χ2v) is 5.93. The molecule has 0 spiro atoms. The maximum absolute atomic E-state index is 6.15. The lowest BCUT2D eigenvalue weighted by atomic mass is 10.1. The molecule has 1 aliphatic rings. The second-order valence-electron chi connectivity index (χ2n) is 4.46. The lowest BCUT2D eigenvalue weighted by molar-refractivity contribution is 0.898. The first kappa shape index (κ1) is 11.9. The van der Waals surface area contributed by atoms with Crippen molar-refractivity contribution in [3.05, 3.63) is 58.6 Å². The van der Waals surface area contributed by atoms with Crippen LogP contribution < -0.4 is 5.32 Å². The van der Waals surface area contributed by atoms with Crippen LogP contribution in [0.4, 0.5) is 5.69 Å². The van der Waals surface area contributed by atoms with Gasteiger partial charge < -0.3 is 5.32 Å². The Morgan fingerprint density at radius 1 is 1.17 bits per heavy atom. The topological polar surface area (TPSA) is 12.0 Å². The fourth-order valence-electron chi connectivity index (χ4n) is 2.23. The molecule has 92 valence electrons. The molecule has 1 nitrogen and oxygen atoms in total. The van der Waals surface area contributed by atoms with Crippen LogP contribution in [0.25, 0.3) is 0 Å². The largest absolute Gasteiger partial charge is 0.377 e. The minimum Gasteiger partial charge on any atom is -0.377 e. The molecule has 18 heavy (non-hydrogen) atoms. The number of thioether (sulfide) groups is 1. The van der Waals surface area contributed by atoms with Crippen LogP contribution in [0, 0.1) is 6.92 Å². The molecule has 0 amide bonds. The predicted octanol–water partition coefficient (Wildman–Crippen LogP) is 4.91. The highest BCUT2D eigenvalue weighted by atomic mass is 35.5. The van der Waals surface area contributed by atoms with E-state index in [-0.39, 0.29) is 0 Å². The van der Waals surface area contributed by atoms with Crippen LogP contribution in [0.15, 0.2) is 47.4 Å². The van der Waals surface area contributed by atoms with Crippen molar-refractivity contribution in [2.75, 3.05) is 11.1 Å².